The van der Waals surface area contributed by atoms with Crippen molar-refractivity contribution in [2.24, 2.45) is 0 Å². The molecule has 0 saturated carbocycles. The Morgan fingerprint density at radius 3 is 2.56 bits per heavy atom. The van der Waals surface area contributed by atoms with E-state index >= 15 is 0 Å². The van der Waals surface area contributed by atoms with Crippen LogP contribution in [-0.4, -0.2) is 28.5 Å². The van der Waals surface area contributed by atoms with Gasteiger partial charge < -0.3 is 0 Å². The molecule has 0 N–H and O–H groups in total. The van der Waals surface area contributed by atoms with E-state index in [1.54, 1.807) is 0 Å². The molecule has 1 aromatic heterocycles. The second-order valence-electron chi connectivity index (χ2n) is 5.74. The van der Waals surface area contributed by atoms with Gasteiger partial charge in [-0.15, -0.1) is 0 Å². The molecule has 1 atom stereocenters. The van der Waals surface area contributed by atoms with Crippen LogP contribution < -0.4 is 0 Å². The molecule has 2 heteroatoms. The zero-order valence-electron chi connectivity index (χ0n) is 10.6. The number of nitrogens with zero attached hydrogens (tertiary/aromatic N) is 2. The fourth-order valence-electron chi connectivity index (χ4n) is 2.49. The summed E-state index contributed by atoms with van der Waals surface area (Å²) in [5.41, 5.74) is 1.75. The number of likely N-dealkylation sites (tertiary alicyclic amines) is 1. The van der Waals surface area contributed by atoms with Crippen LogP contribution in [0.3, 0.4) is 0 Å². The predicted octanol–water partition coefficient (Wildman–Crippen LogP) is 3.06. The van der Waals surface area contributed by atoms with Crippen LogP contribution in [0.25, 0.3) is 0 Å². The Balaban J connectivity index is 2.08. The minimum absolute atomic E-state index is 0.297. The molecule has 0 radical (unpaired) electrons. The third-order valence-electron chi connectivity index (χ3n) is 3.55. The van der Waals surface area contributed by atoms with E-state index in [2.05, 4.69) is 42.8 Å². The van der Waals surface area contributed by atoms with Gasteiger partial charge in [0.2, 0.25) is 0 Å². The van der Waals surface area contributed by atoms with Crippen molar-refractivity contribution in [1.29, 1.82) is 0 Å². The monoisotopic (exact) mass is 218 g/mol. The van der Waals surface area contributed by atoms with E-state index in [1.807, 2.05) is 12.4 Å². The maximum atomic E-state index is 4.09. The van der Waals surface area contributed by atoms with Crippen LogP contribution in [0.1, 0.15) is 45.1 Å². The van der Waals surface area contributed by atoms with Crippen molar-refractivity contribution >= 4 is 0 Å². The standard InChI is InChI=1S/C14H22N2/c1-14(2,3)16-10-4-5-13(11-16)12-6-8-15-9-7-12/h6-9,13H,4-5,10-11H2,1-3H3. The van der Waals surface area contributed by atoms with Crippen molar-refractivity contribution in [2.45, 2.75) is 45.1 Å². The topological polar surface area (TPSA) is 16.1 Å². The van der Waals surface area contributed by atoms with Crippen LogP contribution >= 0.6 is 0 Å². The van der Waals surface area contributed by atoms with Crippen molar-refractivity contribution in [1.82, 2.24) is 9.88 Å². The summed E-state index contributed by atoms with van der Waals surface area (Å²) in [7, 11) is 0. The molecule has 1 aliphatic heterocycles. The Hall–Kier alpha value is -0.890. The first-order chi connectivity index (χ1) is 7.57. The molecule has 0 spiro atoms. The van der Waals surface area contributed by atoms with Crippen LogP contribution in [0.4, 0.5) is 0 Å². The third-order valence-corrected chi connectivity index (χ3v) is 3.55. The highest BCUT2D eigenvalue weighted by atomic mass is 15.2. The van der Waals surface area contributed by atoms with Crippen LogP contribution in [0.5, 0.6) is 0 Å². The molecule has 1 aromatic rings. The molecule has 0 amide bonds. The lowest BCUT2D eigenvalue weighted by Crippen LogP contribution is -2.46. The van der Waals surface area contributed by atoms with E-state index in [1.165, 1.54) is 31.5 Å². The quantitative estimate of drug-likeness (QED) is 0.720. The first-order valence-corrected chi connectivity index (χ1v) is 6.22. The molecule has 88 valence electrons. The van der Waals surface area contributed by atoms with Gasteiger partial charge in [0.05, 0.1) is 0 Å². The van der Waals surface area contributed by atoms with Gasteiger partial charge in [-0.05, 0) is 63.8 Å². The normalized spacial score (nSPS) is 23.3. The van der Waals surface area contributed by atoms with Crippen LogP contribution in [0.2, 0.25) is 0 Å². The minimum atomic E-state index is 0.297. The Bertz CT molecular complexity index is 326. The first-order valence-electron chi connectivity index (χ1n) is 6.22. The third kappa shape index (κ3) is 2.62. The van der Waals surface area contributed by atoms with E-state index in [0.717, 1.165) is 0 Å². The summed E-state index contributed by atoms with van der Waals surface area (Å²) in [6.07, 6.45) is 6.44. The Morgan fingerprint density at radius 2 is 1.94 bits per heavy atom. The van der Waals surface area contributed by atoms with E-state index < -0.39 is 0 Å². The van der Waals surface area contributed by atoms with Gasteiger partial charge in [-0.2, -0.15) is 0 Å². The molecular weight excluding hydrogens is 196 g/mol. The van der Waals surface area contributed by atoms with Gasteiger partial charge in [0, 0.05) is 24.5 Å². The number of rotatable bonds is 1. The molecule has 2 rings (SSSR count). The van der Waals surface area contributed by atoms with E-state index in [9.17, 15) is 0 Å². The maximum absolute atomic E-state index is 4.09. The second kappa shape index (κ2) is 4.54. The zero-order valence-corrected chi connectivity index (χ0v) is 10.6. The summed E-state index contributed by atoms with van der Waals surface area (Å²) in [5.74, 6) is 0.691. The molecule has 1 aliphatic rings. The van der Waals surface area contributed by atoms with E-state index in [-0.39, 0.29) is 0 Å². The van der Waals surface area contributed by atoms with Crippen molar-refractivity contribution in [3.63, 3.8) is 0 Å². The summed E-state index contributed by atoms with van der Waals surface area (Å²) in [4.78, 5) is 6.69. The average molecular weight is 218 g/mol. The molecule has 2 heterocycles. The van der Waals surface area contributed by atoms with Crippen LogP contribution in [0, 0.1) is 0 Å². The number of piperidine rings is 1. The van der Waals surface area contributed by atoms with Gasteiger partial charge in [-0.25, -0.2) is 0 Å². The smallest absolute Gasteiger partial charge is 0.0270 e. The summed E-state index contributed by atoms with van der Waals surface area (Å²) in [5, 5.41) is 0. The predicted molar refractivity (Wildman–Crippen MR) is 67.5 cm³/mol. The lowest BCUT2D eigenvalue weighted by atomic mass is 9.89. The molecule has 1 fully saturated rings. The number of hydrogen-bond donors (Lipinski definition) is 0. The van der Waals surface area contributed by atoms with Crippen molar-refractivity contribution < 1.29 is 0 Å². The van der Waals surface area contributed by atoms with E-state index in [0.29, 0.717) is 11.5 Å². The summed E-state index contributed by atoms with van der Waals surface area (Å²) in [6, 6.07) is 4.33. The zero-order chi connectivity index (χ0) is 11.6. The largest absolute Gasteiger partial charge is 0.298 e. The van der Waals surface area contributed by atoms with Gasteiger partial charge >= 0.3 is 0 Å². The molecule has 0 aromatic carbocycles. The molecule has 16 heavy (non-hydrogen) atoms. The SMILES string of the molecule is CC(C)(C)N1CCCC(c2ccncc2)C1. The number of aromatic nitrogens is 1. The molecule has 0 aliphatic carbocycles. The van der Waals surface area contributed by atoms with Crippen molar-refractivity contribution in [3.8, 4) is 0 Å². The minimum Gasteiger partial charge on any atom is -0.298 e. The lowest BCUT2D eigenvalue weighted by Gasteiger charge is -2.41. The lowest BCUT2D eigenvalue weighted by molar-refractivity contribution is 0.0986. The number of pyridine rings is 1. The van der Waals surface area contributed by atoms with Crippen LogP contribution in [-0.2, 0) is 0 Å². The van der Waals surface area contributed by atoms with Gasteiger partial charge in [-0.3, -0.25) is 9.88 Å². The van der Waals surface area contributed by atoms with Crippen LogP contribution in [0.15, 0.2) is 24.5 Å². The maximum Gasteiger partial charge on any atom is 0.0270 e. The summed E-state index contributed by atoms with van der Waals surface area (Å²) < 4.78 is 0. The van der Waals surface area contributed by atoms with Gasteiger partial charge in [0.1, 0.15) is 0 Å². The van der Waals surface area contributed by atoms with Gasteiger partial charge in [-0.1, -0.05) is 0 Å². The summed E-state index contributed by atoms with van der Waals surface area (Å²) in [6.45, 7) is 9.35. The molecular formula is C14H22N2. The first kappa shape index (κ1) is 11.6. The highest BCUT2D eigenvalue weighted by molar-refractivity contribution is 5.17. The van der Waals surface area contributed by atoms with E-state index in [4.69, 9.17) is 0 Å². The molecule has 2 nitrogen and oxygen atoms in total. The van der Waals surface area contributed by atoms with Crippen molar-refractivity contribution in [3.05, 3.63) is 30.1 Å². The molecule has 1 saturated heterocycles. The fourth-order valence-corrected chi connectivity index (χ4v) is 2.49. The van der Waals surface area contributed by atoms with Gasteiger partial charge in [0.25, 0.3) is 0 Å². The summed E-state index contributed by atoms with van der Waals surface area (Å²) >= 11 is 0. The molecule has 0 bridgehead atoms. The molecule has 1 unspecified atom stereocenters. The fraction of sp³-hybridized carbons (Fsp3) is 0.643. The van der Waals surface area contributed by atoms with Crippen molar-refractivity contribution in [2.75, 3.05) is 13.1 Å². The highest BCUT2D eigenvalue weighted by Gasteiger charge is 2.28. The Kier molecular flexibility index (Phi) is 3.29. The Morgan fingerprint density at radius 1 is 1.25 bits per heavy atom. The van der Waals surface area contributed by atoms with Gasteiger partial charge in [0.15, 0.2) is 0 Å². The number of hydrogen-bond acceptors (Lipinski definition) is 2. The highest BCUT2D eigenvalue weighted by Crippen LogP contribution is 2.30. The Labute approximate surface area is 98.7 Å². The second-order valence-corrected chi connectivity index (χ2v) is 5.74. The average Bonchev–Trinajstić information content (AvgIpc) is 2.29.